The van der Waals surface area contributed by atoms with Gasteiger partial charge in [-0.25, -0.2) is 0 Å². The molecule has 1 atom stereocenters. The minimum atomic E-state index is -0.334. The van der Waals surface area contributed by atoms with Gasteiger partial charge in [-0.15, -0.1) is 0 Å². The second-order valence-electron chi connectivity index (χ2n) is 39.3. The number of halogens is 1. The van der Waals surface area contributed by atoms with Gasteiger partial charge in [0, 0.05) is 61.6 Å². The third-order valence-electron chi connectivity index (χ3n) is 26.2. The molecule has 0 amide bonds. The lowest BCUT2D eigenvalue weighted by atomic mass is 9.62. The Morgan fingerprint density at radius 2 is 0.757 bits per heavy atom. The highest BCUT2D eigenvalue weighted by atomic mass is 35.5. The first-order valence-corrected chi connectivity index (χ1v) is 41.0. The molecule has 111 heavy (non-hydrogen) atoms. The summed E-state index contributed by atoms with van der Waals surface area (Å²) in [5.41, 5.74) is 31.9. The van der Waals surface area contributed by atoms with Crippen LogP contribution in [0.25, 0.3) is 22.3 Å². The molecule has 0 spiro atoms. The fraction of sp³-hybridized carbons (Fsp3) is 0.390. The zero-order valence-corrected chi connectivity index (χ0v) is 72.7. The molecule has 1 unspecified atom stereocenters. The first-order chi connectivity index (χ1) is 51.8. The number of benzene rings is 10. The van der Waals surface area contributed by atoms with E-state index in [1.54, 1.807) is 0 Å². The lowest BCUT2D eigenvalue weighted by Gasteiger charge is -2.44. The minimum Gasteiger partial charge on any atom is -0.495 e. The third-order valence-corrected chi connectivity index (χ3v) is 26.4. The van der Waals surface area contributed by atoms with Crippen molar-refractivity contribution in [2.24, 2.45) is 10.8 Å². The lowest BCUT2D eigenvalue weighted by Crippen LogP contribution is -2.38. The van der Waals surface area contributed by atoms with Crippen LogP contribution in [-0.4, -0.2) is 11.2 Å². The Morgan fingerprint density at radius 3 is 1.15 bits per heavy atom. The molecule has 5 nitrogen and oxygen atoms in total. The Morgan fingerprint density at radius 1 is 0.369 bits per heavy atom. The first kappa shape index (κ1) is 81.5. The smallest absolute Gasteiger partial charge is 0.113 e. The van der Waals surface area contributed by atoms with Crippen LogP contribution in [0.4, 0.5) is 39.8 Å². The maximum Gasteiger partial charge on any atom is 0.113 e. The summed E-state index contributed by atoms with van der Waals surface area (Å²) in [5, 5.41) is 4.27. The molecule has 10 aromatic carbocycles. The molecule has 4 aliphatic rings. The molecule has 0 aromatic heterocycles. The standard InChI is InChI=1S/C53H63NO.C32H40ClN.C20H23NO/c1-35-31-40(47(45-34-55-53(12,13)52(45,10)11)39-21-19-38(20-22-39)37-17-15-14-16-18-37)33-43(32-35)54(42-25-23-41(24-26-42)49(3,4)5)46-28-27-44-48(36(46)2)51(8,9)30-29-50(44,6)7;1-21-18-24(33)20-26(19-21)34(25-12-10-23(11-13-25)30(3,4)5)28-15-14-27-29(22(28)2)32(8,9)17-16-31(27,6)7;1-19(2)18(14-22-20(19,3)4)21-17-12-10-16(11-13-17)15-8-6-5-7-9-15/h14-28,31-34,47H,29-30H2,1-13H3;10-15,18-20H,16-17H2,1-9H3;5-14,21H,1-4H3. The van der Waals surface area contributed by atoms with Gasteiger partial charge >= 0.3 is 0 Å². The van der Waals surface area contributed by atoms with Crippen molar-refractivity contribution in [2.45, 2.75) is 255 Å². The average Bonchev–Trinajstić information content (AvgIpc) is 1.33. The van der Waals surface area contributed by atoms with Gasteiger partial charge in [0.05, 0.1) is 12.0 Å². The molecule has 2 heterocycles. The minimum absolute atomic E-state index is 0.00901. The number of hydrogen-bond donors (Lipinski definition) is 1. The van der Waals surface area contributed by atoms with Gasteiger partial charge in [-0.05, 0) is 287 Å². The van der Waals surface area contributed by atoms with E-state index in [4.69, 9.17) is 21.1 Å². The molecule has 6 heteroatoms. The Hall–Kier alpha value is -9.03. The number of anilines is 7. The van der Waals surface area contributed by atoms with Crippen molar-refractivity contribution in [3.8, 4) is 22.3 Å². The summed E-state index contributed by atoms with van der Waals surface area (Å²) in [6.07, 6.45) is 8.72. The van der Waals surface area contributed by atoms with Crippen LogP contribution in [0, 0.1) is 38.5 Å². The van der Waals surface area contributed by atoms with Crippen LogP contribution in [0.3, 0.4) is 0 Å². The molecule has 2 aliphatic heterocycles. The van der Waals surface area contributed by atoms with E-state index in [-0.39, 0.29) is 60.4 Å². The van der Waals surface area contributed by atoms with Crippen LogP contribution in [0.1, 0.15) is 251 Å². The number of rotatable bonds is 13. The molecule has 0 fully saturated rings. The van der Waals surface area contributed by atoms with Crippen LogP contribution in [0.5, 0.6) is 0 Å². The molecule has 580 valence electrons. The summed E-state index contributed by atoms with van der Waals surface area (Å²) < 4.78 is 12.3. The van der Waals surface area contributed by atoms with E-state index in [1.807, 2.05) is 18.4 Å². The van der Waals surface area contributed by atoms with Crippen LogP contribution < -0.4 is 15.1 Å². The highest BCUT2D eigenvalue weighted by Gasteiger charge is 2.50. The molecule has 0 saturated heterocycles. The van der Waals surface area contributed by atoms with E-state index < -0.39 is 0 Å². The summed E-state index contributed by atoms with van der Waals surface area (Å²) in [7, 11) is 0. The Labute approximate surface area is 674 Å². The number of fused-ring (bicyclic) bond motifs is 2. The van der Waals surface area contributed by atoms with E-state index in [2.05, 4.69) is 408 Å². The van der Waals surface area contributed by atoms with Crippen molar-refractivity contribution < 1.29 is 9.47 Å². The van der Waals surface area contributed by atoms with Crippen LogP contribution in [0.2, 0.25) is 5.02 Å². The Balaban J connectivity index is 0.000000173. The summed E-state index contributed by atoms with van der Waals surface area (Å²) in [4.78, 5) is 4.92. The summed E-state index contributed by atoms with van der Waals surface area (Å²) >= 11 is 6.57. The molecular weight excluding hydrogens is 1370 g/mol. The molecule has 2 aliphatic carbocycles. The normalized spacial score (nSPS) is 18.0. The zero-order chi connectivity index (χ0) is 80.6. The van der Waals surface area contributed by atoms with Gasteiger partial charge in [-0.1, -0.05) is 276 Å². The molecule has 0 saturated carbocycles. The quantitative estimate of drug-likeness (QED) is 0.125. The van der Waals surface area contributed by atoms with Crippen LogP contribution in [-0.2, 0) is 42.0 Å². The number of nitrogens with zero attached hydrogens (tertiary/aromatic N) is 2. The maximum absolute atomic E-state index is 6.57. The molecule has 1 N–H and O–H groups in total. The number of aryl methyl sites for hydroxylation is 2. The van der Waals surface area contributed by atoms with Gasteiger partial charge in [0.2, 0.25) is 0 Å². The lowest BCUT2D eigenvalue weighted by molar-refractivity contribution is 0.00423. The second kappa shape index (κ2) is 30.1. The number of ether oxygens (including phenoxy) is 2. The third kappa shape index (κ3) is 16.5. The van der Waals surface area contributed by atoms with Gasteiger partial charge in [0.1, 0.15) is 17.5 Å². The van der Waals surface area contributed by atoms with E-state index >= 15 is 0 Å². The largest absolute Gasteiger partial charge is 0.495 e. The zero-order valence-electron chi connectivity index (χ0n) is 71.9. The Kier molecular flexibility index (Phi) is 22.1. The van der Waals surface area contributed by atoms with Crippen LogP contribution in [0.15, 0.2) is 242 Å². The van der Waals surface area contributed by atoms with Crippen molar-refractivity contribution in [1.82, 2.24) is 0 Å². The van der Waals surface area contributed by atoms with Crippen molar-refractivity contribution in [3.05, 3.63) is 314 Å². The monoisotopic (exact) mass is 1500 g/mol. The fourth-order valence-corrected chi connectivity index (χ4v) is 17.7. The van der Waals surface area contributed by atoms with E-state index in [9.17, 15) is 0 Å². The summed E-state index contributed by atoms with van der Waals surface area (Å²) in [6.45, 7) is 59.8. The molecule has 14 rings (SSSR count). The SMILES string of the molecule is CC1(C)OC=C(Nc2ccc(-c3ccccc3)cc2)C1(C)C.Cc1cc(C(C2=COC(C)(C)C2(C)C)c2ccc(-c3ccccc3)cc2)cc(N(c2ccc(C(C)(C)C)cc2)c2ccc3c(c2C)C(C)(C)CCC3(C)C)c1.Cc1cc(Cl)cc(N(c2ccc(C(C)(C)C)cc2)c2ccc3c(c2C)C(C)(C)CCC3(C)C)c1. The molecule has 0 radical (unpaired) electrons. The van der Waals surface area contributed by atoms with Crippen LogP contribution >= 0.6 is 11.6 Å². The topological polar surface area (TPSA) is 37.0 Å². The predicted molar refractivity (Wildman–Crippen MR) is 477 cm³/mol. The number of hydrogen-bond acceptors (Lipinski definition) is 5. The van der Waals surface area contributed by atoms with Crippen molar-refractivity contribution in [3.63, 3.8) is 0 Å². The molecule has 10 aromatic rings. The van der Waals surface area contributed by atoms with Gasteiger partial charge in [0.15, 0.2) is 0 Å². The fourth-order valence-electron chi connectivity index (χ4n) is 17.4. The van der Waals surface area contributed by atoms with E-state index in [0.717, 1.165) is 33.3 Å². The van der Waals surface area contributed by atoms with Crippen molar-refractivity contribution in [1.29, 1.82) is 0 Å². The van der Waals surface area contributed by atoms with Gasteiger partial charge in [0.25, 0.3) is 0 Å². The molecule has 0 bridgehead atoms. The highest BCUT2D eigenvalue weighted by Crippen LogP contribution is 2.57. The second-order valence-corrected chi connectivity index (χ2v) is 39.7. The van der Waals surface area contributed by atoms with E-state index in [1.165, 1.54) is 137 Å². The highest BCUT2D eigenvalue weighted by molar-refractivity contribution is 6.31. The summed E-state index contributed by atoms with van der Waals surface area (Å²) in [5.74, 6) is 0.00901. The maximum atomic E-state index is 6.57. The average molecular weight is 1500 g/mol. The molecular formula is C105H126ClN3O2. The van der Waals surface area contributed by atoms with Gasteiger partial charge in [-0.3, -0.25) is 0 Å². The van der Waals surface area contributed by atoms with Crippen molar-refractivity contribution in [2.75, 3.05) is 15.1 Å². The predicted octanol–water partition coefficient (Wildman–Crippen LogP) is 30.5. The van der Waals surface area contributed by atoms with Crippen molar-refractivity contribution >= 4 is 51.4 Å². The van der Waals surface area contributed by atoms with E-state index in [0.29, 0.717) is 0 Å². The Bertz CT molecular complexity index is 5050. The number of nitrogens with one attached hydrogen (secondary N) is 1. The first-order valence-electron chi connectivity index (χ1n) is 40.7. The summed E-state index contributed by atoms with van der Waals surface area (Å²) in [6, 6.07) is 80.3. The van der Waals surface area contributed by atoms with Gasteiger partial charge < -0.3 is 24.6 Å². The van der Waals surface area contributed by atoms with Gasteiger partial charge in [-0.2, -0.15) is 0 Å².